The van der Waals surface area contributed by atoms with Crippen molar-refractivity contribution in [3.63, 3.8) is 0 Å². The molecule has 2 aromatic rings. The highest BCUT2D eigenvalue weighted by atomic mass is 16.3. The fourth-order valence-corrected chi connectivity index (χ4v) is 6.85. The molecular formula is C26H31N3O3. The number of aliphatic hydroxyl groups is 1. The summed E-state index contributed by atoms with van der Waals surface area (Å²) >= 11 is 0. The van der Waals surface area contributed by atoms with Crippen molar-refractivity contribution in [1.82, 2.24) is 15.2 Å². The summed E-state index contributed by atoms with van der Waals surface area (Å²) in [7, 11) is 0. The van der Waals surface area contributed by atoms with Crippen molar-refractivity contribution < 1.29 is 15.0 Å². The van der Waals surface area contributed by atoms with Gasteiger partial charge in [0.1, 0.15) is 5.75 Å². The van der Waals surface area contributed by atoms with E-state index in [0.717, 1.165) is 43.0 Å². The number of benzene rings is 1. The molecule has 0 unspecified atom stereocenters. The van der Waals surface area contributed by atoms with Crippen LogP contribution in [-0.2, 0) is 23.2 Å². The third-order valence-corrected chi connectivity index (χ3v) is 8.57. The van der Waals surface area contributed by atoms with Crippen LogP contribution in [0.25, 0.3) is 0 Å². The van der Waals surface area contributed by atoms with Gasteiger partial charge in [-0.25, -0.2) is 0 Å². The Kier molecular flexibility index (Phi) is 4.60. The smallest absolute Gasteiger partial charge is 0.223 e. The van der Waals surface area contributed by atoms with Crippen molar-refractivity contribution in [2.45, 2.75) is 62.1 Å². The fraction of sp³-hybridized carbons (Fsp3) is 0.538. The van der Waals surface area contributed by atoms with E-state index in [9.17, 15) is 15.0 Å². The van der Waals surface area contributed by atoms with Crippen LogP contribution in [0.5, 0.6) is 5.75 Å². The predicted molar refractivity (Wildman–Crippen MR) is 120 cm³/mol. The number of hydrogen-bond acceptors (Lipinski definition) is 5. The van der Waals surface area contributed by atoms with E-state index in [1.54, 1.807) is 18.5 Å². The van der Waals surface area contributed by atoms with Gasteiger partial charge in [-0.05, 0) is 85.9 Å². The van der Waals surface area contributed by atoms with Gasteiger partial charge in [0.2, 0.25) is 5.91 Å². The van der Waals surface area contributed by atoms with Gasteiger partial charge in [0.25, 0.3) is 0 Å². The summed E-state index contributed by atoms with van der Waals surface area (Å²) in [5.74, 6) is 0.761. The van der Waals surface area contributed by atoms with Crippen LogP contribution in [0, 0.1) is 11.8 Å². The molecule has 6 nitrogen and oxygen atoms in total. The number of carbonyl (C=O) groups excluding carboxylic acids is 1. The standard InChI is InChI=1S/C26H31N3O3/c30-21-6-5-19-10-23-26(32)13-20(24(31)28-15-18-2-1-8-27-14-18)12-25(26,22(19)11-21)7-9-29(23)16-17-3-4-17/h1-2,5-6,8,11,14,17,20,23,30,32H,3-4,7,9-10,12-13,15-16H2,(H,28,31)/t20-,23-,25-,26-/m1/s1. The molecule has 4 atom stereocenters. The van der Waals surface area contributed by atoms with Crippen LogP contribution in [0.2, 0.25) is 0 Å². The minimum absolute atomic E-state index is 0.00662. The number of likely N-dealkylation sites (tertiary alicyclic amines) is 1. The van der Waals surface area contributed by atoms with Crippen LogP contribution < -0.4 is 5.32 Å². The maximum atomic E-state index is 13.2. The van der Waals surface area contributed by atoms with Gasteiger partial charge in [0.05, 0.1) is 5.60 Å². The molecule has 1 aromatic carbocycles. The van der Waals surface area contributed by atoms with Gasteiger partial charge in [0.15, 0.2) is 0 Å². The summed E-state index contributed by atoms with van der Waals surface area (Å²) in [4.78, 5) is 19.9. The van der Waals surface area contributed by atoms with E-state index in [2.05, 4.69) is 15.2 Å². The zero-order valence-electron chi connectivity index (χ0n) is 18.3. The molecule has 6 heteroatoms. The Labute approximate surface area is 188 Å². The molecule has 2 bridgehead atoms. The summed E-state index contributed by atoms with van der Waals surface area (Å²) in [5, 5.41) is 25.7. The lowest BCUT2D eigenvalue weighted by Crippen LogP contribution is -2.69. The number of nitrogens with one attached hydrogen (secondary N) is 1. The number of amides is 1. The van der Waals surface area contributed by atoms with Gasteiger partial charge >= 0.3 is 0 Å². The van der Waals surface area contributed by atoms with E-state index in [0.29, 0.717) is 19.4 Å². The quantitative estimate of drug-likeness (QED) is 0.675. The van der Waals surface area contributed by atoms with Gasteiger partial charge in [0, 0.05) is 42.9 Å². The summed E-state index contributed by atoms with van der Waals surface area (Å²) in [6, 6.07) is 9.49. The molecule has 0 spiro atoms. The van der Waals surface area contributed by atoms with Crippen molar-refractivity contribution in [1.29, 1.82) is 0 Å². The first-order valence-electron chi connectivity index (χ1n) is 11.9. The van der Waals surface area contributed by atoms with Crippen LogP contribution in [0.4, 0.5) is 0 Å². The van der Waals surface area contributed by atoms with E-state index < -0.39 is 11.0 Å². The van der Waals surface area contributed by atoms with Gasteiger partial charge in [-0.2, -0.15) is 0 Å². The molecule has 2 saturated carbocycles. The van der Waals surface area contributed by atoms with Crippen molar-refractivity contribution in [2.24, 2.45) is 11.8 Å². The van der Waals surface area contributed by atoms with E-state index in [-0.39, 0.29) is 23.6 Å². The Bertz CT molecular complexity index is 1040. The maximum absolute atomic E-state index is 13.2. The molecule has 1 amide bonds. The molecule has 168 valence electrons. The van der Waals surface area contributed by atoms with Gasteiger partial charge in [-0.15, -0.1) is 0 Å². The molecule has 3 N–H and O–H groups in total. The Balaban J connectivity index is 1.32. The molecule has 3 fully saturated rings. The highest BCUT2D eigenvalue weighted by Gasteiger charge is 2.68. The lowest BCUT2D eigenvalue weighted by atomic mass is 9.56. The Hall–Kier alpha value is -2.44. The lowest BCUT2D eigenvalue weighted by Gasteiger charge is -2.59. The largest absolute Gasteiger partial charge is 0.508 e. The van der Waals surface area contributed by atoms with E-state index in [4.69, 9.17) is 0 Å². The number of nitrogens with zero attached hydrogens (tertiary/aromatic N) is 2. The zero-order chi connectivity index (χ0) is 21.9. The highest BCUT2D eigenvalue weighted by molar-refractivity contribution is 5.80. The minimum Gasteiger partial charge on any atom is -0.508 e. The number of aromatic hydroxyl groups is 1. The highest BCUT2D eigenvalue weighted by Crippen LogP contribution is 2.62. The molecule has 1 aliphatic heterocycles. The second-order valence-corrected chi connectivity index (χ2v) is 10.4. The Morgan fingerprint density at radius 2 is 2.12 bits per heavy atom. The first-order chi connectivity index (χ1) is 15.5. The van der Waals surface area contributed by atoms with Gasteiger partial charge in [-0.1, -0.05) is 12.1 Å². The summed E-state index contributed by atoms with van der Waals surface area (Å²) in [5.41, 5.74) is 1.83. The van der Waals surface area contributed by atoms with Crippen LogP contribution in [0.3, 0.4) is 0 Å². The summed E-state index contributed by atoms with van der Waals surface area (Å²) in [6.07, 6.45) is 8.79. The molecular weight excluding hydrogens is 402 g/mol. The second-order valence-electron chi connectivity index (χ2n) is 10.4. The Morgan fingerprint density at radius 1 is 1.25 bits per heavy atom. The van der Waals surface area contributed by atoms with Crippen molar-refractivity contribution in [3.8, 4) is 5.75 Å². The molecule has 3 aliphatic carbocycles. The molecule has 1 saturated heterocycles. The van der Waals surface area contributed by atoms with Gasteiger partial charge in [-0.3, -0.25) is 14.7 Å². The third kappa shape index (κ3) is 3.07. The lowest BCUT2D eigenvalue weighted by molar-refractivity contribution is -0.134. The van der Waals surface area contributed by atoms with Crippen molar-refractivity contribution in [2.75, 3.05) is 13.1 Å². The van der Waals surface area contributed by atoms with Crippen LogP contribution in [-0.4, -0.2) is 50.7 Å². The number of phenolic OH excluding ortho intramolecular Hbond substituents is 1. The third-order valence-electron chi connectivity index (χ3n) is 8.57. The molecule has 4 aliphatic rings. The van der Waals surface area contributed by atoms with Gasteiger partial charge < -0.3 is 15.5 Å². The van der Waals surface area contributed by atoms with Crippen molar-refractivity contribution in [3.05, 3.63) is 59.4 Å². The molecule has 6 rings (SSSR count). The average Bonchev–Trinajstić information content (AvgIpc) is 3.54. The number of piperidine rings is 1. The van der Waals surface area contributed by atoms with E-state index in [1.165, 1.54) is 18.4 Å². The molecule has 1 aromatic heterocycles. The zero-order valence-corrected chi connectivity index (χ0v) is 18.3. The first-order valence-corrected chi connectivity index (χ1v) is 11.9. The number of rotatable bonds is 5. The number of pyridine rings is 1. The maximum Gasteiger partial charge on any atom is 0.223 e. The monoisotopic (exact) mass is 433 g/mol. The van der Waals surface area contributed by atoms with Crippen molar-refractivity contribution >= 4 is 5.91 Å². The van der Waals surface area contributed by atoms with Crippen LogP contribution >= 0.6 is 0 Å². The van der Waals surface area contributed by atoms with Crippen LogP contribution in [0.1, 0.15) is 48.8 Å². The number of aromatic nitrogens is 1. The number of fused-ring (bicyclic) bond motifs is 1. The minimum atomic E-state index is -0.947. The average molecular weight is 434 g/mol. The topological polar surface area (TPSA) is 85.7 Å². The normalized spacial score (nSPS) is 33.4. The summed E-state index contributed by atoms with van der Waals surface area (Å²) < 4.78 is 0. The Morgan fingerprint density at radius 3 is 2.91 bits per heavy atom. The van der Waals surface area contributed by atoms with E-state index in [1.807, 2.05) is 24.3 Å². The fourth-order valence-electron chi connectivity index (χ4n) is 6.85. The number of hydrogen-bond donors (Lipinski definition) is 3. The van der Waals surface area contributed by atoms with Crippen LogP contribution in [0.15, 0.2) is 42.7 Å². The molecule has 2 heterocycles. The number of phenols is 1. The first kappa shape index (κ1) is 20.2. The second kappa shape index (κ2) is 7.29. The molecule has 32 heavy (non-hydrogen) atoms. The van der Waals surface area contributed by atoms with E-state index >= 15 is 0 Å². The molecule has 0 radical (unpaired) electrons. The summed E-state index contributed by atoms with van der Waals surface area (Å²) in [6.45, 7) is 2.44. The predicted octanol–water partition coefficient (Wildman–Crippen LogP) is 2.52. The SMILES string of the molecule is O=C(NCc1cccnc1)[C@@H]1C[C@]23CCN(CC4CC4)[C@H](Cc4ccc(O)cc42)[C@]3(O)C1. The number of carbonyl (C=O) groups is 1.